The van der Waals surface area contributed by atoms with E-state index in [-0.39, 0.29) is 5.88 Å². The van der Waals surface area contributed by atoms with Crippen molar-refractivity contribution in [2.45, 2.75) is 26.3 Å². The van der Waals surface area contributed by atoms with E-state index in [4.69, 9.17) is 6.57 Å². The van der Waals surface area contributed by atoms with E-state index in [0.717, 1.165) is 23.1 Å². The number of anilines is 2. The summed E-state index contributed by atoms with van der Waals surface area (Å²) in [5, 5.41) is 23.2. The third kappa shape index (κ3) is 5.76. The standard InChI is InChI=1S/C25H24N6O6S2/c1-4-28-20-11-9-18(15-26)13-22(20)30(16-38-37-36-32)24(28)7-6-8-25-29(5-2)21-12-10-19(27-3)14-23(21)31(25)17-39(33,34)35/h6-14H,4-5,16-17H2,1-2H3,(H-,32,33,34,35)/p-1. The van der Waals surface area contributed by atoms with Crippen molar-refractivity contribution < 1.29 is 32.2 Å². The smallest absolute Gasteiger partial charge is 0.283 e. The number of rotatable bonds is 10. The van der Waals surface area contributed by atoms with E-state index in [0.29, 0.717) is 47.4 Å². The maximum atomic E-state index is 11.8. The second-order valence-corrected chi connectivity index (χ2v) is 10.3. The van der Waals surface area contributed by atoms with Crippen LogP contribution in [0.15, 0.2) is 54.4 Å². The van der Waals surface area contributed by atoms with Crippen LogP contribution in [0.25, 0.3) is 22.0 Å². The lowest BCUT2D eigenvalue weighted by molar-refractivity contribution is -0.777. The van der Waals surface area contributed by atoms with Crippen molar-refractivity contribution in [1.29, 1.82) is 5.26 Å². The number of hydrogen-bond acceptors (Lipinski definition) is 10. The van der Waals surface area contributed by atoms with Gasteiger partial charge in [0.1, 0.15) is 21.8 Å². The highest BCUT2D eigenvalue weighted by Gasteiger charge is 2.31. The summed E-state index contributed by atoms with van der Waals surface area (Å²) in [5.74, 6) is 0.537. The first-order valence-electron chi connectivity index (χ1n) is 11.7. The van der Waals surface area contributed by atoms with Crippen LogP contribution in [0, 0.1) is 17.9 Å². The normalized spacial score (nSPS) is 14.4. The first-order chi connectivity index (χ1) is 18.8. The molecule has 2 aromatic carbocycles. The number of hydrogen-bond donors (Lipinski definition) is 0. The van der Waals surface area contributed by atoms with Gasteiger partial charge in [0.25, 0.3) is 5.82 Å². The predicted molar refractivity (Wildman–Crippen MR) is 142 cm³/mol. The summed E-state index contributed by atoms with van der Waals surface area (Å²) < 4.78 is 43.7. The van der Waals surface area contributed by atoms with Gasteiger partial charge in [0.2, 0.25) is 0 Å². The highest BCUT2D eigenvalue weighted by Crippen LogP contribution is 2.43. The van der Waals surface area contributed by atoms with Gasteiger partial charge in [0, 0.05) is 18.7 Å². The second-order valence-electron chi connectivity index (χ2n) is 8.26. The molecule has 0 saturated carbocycles. The molecule has 0 fully saturated rings. The number of benzene rings is 2. The SMILES string of the molecule is [C-]#[N+]c1ccc2c(c1)N(CS(=O)(=O)[O-])/C(=C/C=C/c1n(CSOO[O-])c3cc(C#N)ccc3[n+]1CC)N2CC. The zero-order chi connectivity index (χ0) is 28.2. The average molecular weight is 568 g/mol. The Balaban J connectivity index is 1.83. The molecule has 0 bridgehead atoms. The monoisotopic (exact) mass is 567 g/mol. The van der Waals surface area contributed by atoms with Gasteiger partial charge in [-0.25, -0.2) is 22.4 Å². The van der Waals surface area contributed by atoms with Gasteiger partial charge in [0.15, 0.2) is 22.6 Å². The van der Waals surface area contributed by atoms with Crippen LogP contribution in [0.5, 0.6) is 0 Å². The Morgan fingerprint density at radius 3 is 2.64 bits per heavy atom. The molecular weight excluding hydrogens is 544 g/mol. The number of allylic oxidation sites excluding steroid dienone is 2. The molecule has 2 heterocycles. The van der Waals surface area contributed by atoms with Crippen molar-refractivity contribution in [3.05, 3.63) is 77.2 Å². The Morgan fingerprint density at radius 2 is 2.00 bits per heavy atom. The zero-order valence-corrected chi connectivity index (χ0v) is 22.6. The molecule has 14 heteroatoms. The molecule has 0 N–H and O–H groups in total. The number of aromatic nitrogens is 2. The van der Waals surface area contributed by atoms with Crippen LogP contribution >= 0.6 is 12.0 Å². The Labute approximate surface area is 229 Å². The van der Waals surface area contributed by atoms with Gasteiger partial charge in [-0.15, -0.1) is 0 Å². The van der Waals surface area contributed by atoms with E-state index in [1.54, 1.807) is 48.6 Å². The third-order valence-electron chi connectivity index (χ3n) is 6.13. The van der Waals surface area contributed by atoms with Crippen LogP contribution in [-0.4, -0.2) is 30.0 Å². The number of aryl methyl sites for hydroxylation is 1. The van der Waals surface area contributed by atoms with Gasteiger partial charge in [-0.3, -0.25) is 5.04 Å². The fourth-order valence-corrected chi connectivity index (χ4v) is 5.66. The Kier molecular flexibility index (Phi) is 8.57. The summed E-state index contributed by atoms with van der Waals surface area (Å²) in [5.41, 5.74) is 3.50. The molecule has 3 aromatic rings. The van der Waals surface area contributed by atoms with Crippen molar-refractivity contribution in [3.8, 4) is 6.07 Å². The molecule has 12 nitrogen and oxygen atoms in total. The molecule has 0 aliphatic carbocycles. The summed E-state index contributed by atoms with van der Waals surface area (Å²) in [7, 11) is -4.65. The molecule has 202 valence electrons. The summed E-state index contributed by atoms with van der Waals surface area (Å²) in [4.78, 5) is 6.67. The number of fused-ring (bicyclic) bond motifs is 2. The molecular formula is C25H23N6O6S2-. The van der Waals surface area contributed by atoms with Gasteiger partial charge in [-0.1, -0.05) is 12.1 Å². The minimum atomic E-state index is -4.65. The fraction of sp³-hybridized carbons (Fsp3) is 0.240. The molecule has 0 atom stereocenters. The molecule has 0 radical (unpaired) electrons. The predicted octanol–water partition coefficient (Wildman–Crippen LogP) is 2.90. The van der Waals surface area contributed by atoms with Gasteiger partial charge in [-0.05, 0) is 44.2 Å². The Bertz CT molecular complexity index is 1650. The van der Waals surface area contributed by atoms with E-state index in [2.05, 4.69) is 20.3 Å². The third-order valence-corrected chi connectivity index (χ3v) is 7.22. The van der Waals surface area contributed by atoms with Crippen molar-refractivity contribution in [2.24, 2.45) is 0 Å². The Morgan fingerprint density at radius 1 is 1.21 bits per heavy atom. The van der Waals surface area contributed by atoms with Crippen molar-refractivity contribution in [3.63, 3.8) is 0 Å². The lowest BCUT2D eigenvalue weighted by Gasteiger charge is -2.25. The van der Waals surface area contributed by atoms with Gasteiger partial charge < -0.3 is 19.6 Å². The first kappa shape index (κ1) is 28.1. The van der Waals surface area contributed by atoms with Gasteiger partial charge in [0.05, 0.1) is 48.2 Å². The molecule has 0 saturated heterocycles. The molecule has 0 unspecified atom stereocenters. The number of imidazole rings is 1. The minimum Gasteiger partial charge on any atom is -0.747 e. The molecule has 1 aliphatic rings. The minimum absolute atomic E-state index is 0.170. The zero-order valence-electron chi connectivity index (χ0n) is 21.0. The van der Waals surface area contributed by atoms with Crippen LogP contribution in [0.2, 0.25) is 0 Å². The quantitative estimate of drug-likeness (QED) is 0.0683. The largest absolute Gasteiger partial charge is 0.747 e. The van der Waals surface area contributed by atoms with E-state index >= 15 is 0 Å². The van der Waals surface area contributed by atoms with Crippen LogP contribution in [0.3, 0.4) is 0 Å². The molecule has 1 aliphatic heterocycles. The van der Waals surface area contributed by atoms with E-state index < -0.39 is 16.0 Å². The van der Waals surface area contributed by atoms with E-state index in [1.807, 2.05) is 33.9 Å². The van der Waals surface area contributed by atoms with Crippen molar-refractivity contribution in [1.82, 2.24) is 4.57 Å². The lowest BCUT2D eigenvalue weighted by Crippen LogP contribution is -2.35. The molecule has 39 heavy (non-hydrogen) atoms. The summed E-state index contributed by atoms with van der Waals surface area (Å²) in [6.07, 6.45) is 5.22. The molecule has 0 amide bonds. The summed E-state index contributed by atoms with van der Waals surface area (Å²) in [6, 6.07) is 12.3. The van der Waals surface area contributed by atoms with E-state index in [9.17, 15) is 23.5 Å². The Hall–Kier alpha value is -3.89. The number of nitrogens with zero attached hydrogens (tertiary/aromatic N) is 6. The van der Waals surface area contributed by atoms with Crippen LogP contribution < -0.4 is 19.6 Å². The molecule has 4 rings (SSSR count). The lowest BCUT2D eigenvalue weighted by atomic mass is 10.2. The highest BCUT2D eigenvalue weighted by atomic mass is 32.2. The highest BCUT2D eigenvalue weighted by molar-refractivity contribution is 7.93. The maximum Gasteiger partial charge on any atom is 0.283 e. The van der Waals surface area contributed by atoms with Crippen molar-refractivity contribution >= 4 is 56.3 Å². The number of nitriles is 1. The van der Waals surface area contributed by atoms with Gasteiger partial charge >= 0.3 is 0 Å². The first-order valence-corrected chi connectivity index (χ1v) is 14.2. The molecule has 1 aromatic heterocycles. The summed E-state index contributed by atoms with van der Waals surface area (Å²) in [6.45, 7) is 12.2. The maximum absolute atomic E-state index is 11.8. The van der Waals surface area contributed by atoms with Gasteiger partial charge in [-0.2, -0.15) is 9.60 Å². The molecule has 0 spiro atoms. The average Bonchev–Trinajstić information content (AvgIpc) is 3.37. The van der Waals surface area contributed by atoms with Crippen molar-refractivity contribution in [2.75, 3.05) is 22.2 Å². The van der Waals surface area contributed by atoms with Crippen LogP contribution in [0.1, 0.15) is 25.2 Å². The second kappa shape index (κ2) is 11.9. The summed E-state index contributed by atoms with van der Waals surface area (Å²) >= 11 is 0.778. The van der Waals surface area contributed by atoms with Crippen LogP contribution in [0.4, 0.5) is 17.1 Å². The fourth-order valence-electron chi connectivity index (χ4n) is 4.62. The van der Waals surface area contributed by atoms with Crippen LogP contribution in [-0.2, 0) is 31.9 Å². The van der Waals surface area contributed by atoms with E-state index in [1.165, 1.54) is 4.90 Å². The topological polar surface area (TPSA) is 142 Å².